The van der Waals surface area contributed by atoms with Gasteiger partial charge in [0.25, 0.3) is 5.91 Å². The zero-order chi connectivity index (χ0) is 20.1. The number of carbonyl (C=O) groups is 1. The summed E-state index contributed by atoms with van der Waals surface area (Å²) in [7, 11) is 0. The van der Waals surface area contributed by atoms with E-state index in [0.29, 0.717) is 10.0 Å². The minimum absolute atomic E-state index is 0.0261. The lowest BCUT2D eigenvalue weighted by Gasteiger charge is -2.21. The molecule has 1 N–H and O–H groups in total. The van der Waals surface area contributed by atoms with Gasteiger partial charge in [-0.1, -0.05) is 42.5 Å². The number of halogens is 4. The van der Waals surface area contributed by atoms with Gasteiger partial charge >= 0.3 is 6.61 Å². The highest BCUT2D eigenvalue weighted by Gasteiger charge is 2.20. The molecule has 3 rings (SSSR count). The molecule has 3 nitrogen and oxygen atoms in total. The van der Waals surface area contributed by atoms with Crippen LogP contribution in [0.25, 0.3) is 0 Å². The Morgan fingerprint density at radius 3 is 2.18 bits per heavy atom. The third-order valence-corrected chi connectivity index (χ3v) is 4.68. The zero-order valence-electron chi connectivity index (χ0n) is 14.4. The lowest BCUT2D eigenvalue weighted by atomic mass is 9.98. The van der Waals surface area contributed by atoms with Crippen molar-refractivity contribution < 1.29 is 22.7 Å². The van der Waals surface area contributed by atoms with Gasteiger partial charge in [0.1, 0.15) is 11.6 Å². The fourth-order valence-electron chi connectivity index (χ4n) is 2.73. The van der Waals surface area contributed by atoms with Crippen molar-refractivity contribution in [1.29, 1.82) is 0 Å². The van der Waals surface area contributed by atoms with Gasteiger partial charge in [0, 0.05) is 4.47 Å². The molecule has 0 aromatic heterocycles. The average Bonchev–Trinajstić information content (AvgIpc) is 2.67. The number of alkyl halides is 2. The second-order valence-corrected chi connectivity index (χ2v) is 6.74. The van der Waals surface area contributed by atoms with E-state index < -0.39 is 24.4 Å². The quantitative estimate of drug-likeness (QED) is 0.523. The number of benzene rings is 3. The van der Waals surface area contributed by atoms with E-state index in [-0.39, 0.29) is 11.3 Å². The molecule has 0 saturated heterocycles. The van der Waals surface area contributed by atoms with Crippen LogP contribution in [0.2, 0.25) is 0 Å². The van der Waals surface area contributed by atoms with Crippen molar-refractivity contribution in [1.82, 2.24) is 5.32 Å². The zero-order valence-corrected chi connectivity index (χ0v) is 16.0. The molecule has 28 heavy (non-hydrogen) atoms. The molecular weight excluding hydrogens is 435 g/mol. The first-order valence-corrected chi connectivity index (χ1v) is 9.09. The number of carbonyl (C=O) groups excluding carboxylic acids is 1. The van der Waals surface area contributed by atoms with Gasteiger partial charge < -0.3 is 10.1 Å². The maximum atomic E-state index is 13.3. The smallest absolute Gasteiger partial charge is 0.387 e. The number of hydrogen-bond donors (Lipinski definition) is 1. The largest absolute Gasteiger partial charge is 0.435 e. The monoisotopic (exact) mass is 449 g/mol. The first-order chi connectivity index (χ1) is 13.4. The van der Waals surface area contributed by atoms with Crippen molar-refractivity contribution in [3.8, 4) is 5.75 Å². The van der Waals surface area contributed by atoms with Crippen LogP contribution in [0, 0.1) is 5.82 Å². The van der Waals surface area contributed by atoms with Gasteiger partial charge in [0.05, 0.1) is 11.6 Å². The van der Waals surface area contributed by atoms with Crippen LogP contribution in [0.3, 0.4) is 0 Å². The van der Waals surface area contributed by atoms with Crippen LogP contribution < -0.4 is 10.1 Å². The summed E-state index contributed by atoms with van der Waals surface area (Å²) in [4.78, 5) is 12.8. The standard InChI is InChI=1S/C21H15BrF3NO2/c22-18-12-15(23)8-11-17(18)20(27)26-19(13-4-2-1-3-5-13)14-6-9-16(10-7-14)28-21(24)25/h1-12,19,21H,(H,26,27). The SMILES string of the molecule is O=C(NC(c1ccccc1)c1ccc(OC(F)F)cc1)c1ccc(F)cc1Br. The molecule has 1 amide bonds. The van der Waals surface area contributed by atoms with Crippen LogP contribution in [0.4, 0.5) is 13.2 Å². The second-order valence-electron chi connectivity index (χ2n) is 5.89. The molecule has 0 aliphatic rings. The molecule has 0 heterocycles. The van der Waals surface area contributed by atoms with Gasteiger partial charge in [-0.15, -0.1) is 0 Å². The minimum atomic E-state index is -2.91. The molecule has 0 aliphatic carbocycles. The van der Waals surface area contributed by atoms with E-state index in [1.807, 2.05) is 30.3 Å². The van der Waals surface area contributed by atoms with Crippen LogP contribution in [0.15, 0.2) is 77.3 Å². The maximum Gasteiger partial charge on any atom is 0.387 e. The van der Waals surface area contributed by atoms with Crippen LogP contribution in [0.5, 0.6) is 5.75 Å². The molecule has 0 fully saturated rings. The summed E-state index contributed by atoms with van der Waals surface area (Å²) < 4.78 is 42.7. The Kier molecular flexibility index (Phi) is 6.36. The average molecular weight is 450 g/mol. The number of amides is 1. The van der Waals surface area contributed by atoms with E-state index in [9.17, 15) is 18.0 Å². The second kappa shape index (κ2) is 8.93. The molecule has 7 heteroatoms. The van der Waals surface area contributed by atoms with Crippen molar-refractivity contribution >= 4 is 21.8 Å². The van der Waals surface area contributed by atoms with Gasteiger partial charge in [0.15, 0.2) is 0 Å². The third-order valence-electron chi connectivity index (χ3n) is 4.02. The molecular formula is C21H15BrF3NO2. The van der Waals surface area contributed by atoms with E-state index in [2.05, 4.69) is 26.0 Å². The molecule has 144 valence electrons. The summed E-state index contributed by atoms with van der Waals surface area (Å²) in [6, 6.07) is 18.5. The lowest BCUT2D eigenvalue weighted by molar-refractivity contribution is -0.0498. The fourth-order valence-corrected chi connectivity index (χ4v) is 3.26. The van der Waals surface area contributed by atoms with E-state index in [1.165, 1.54) is 30.3 Å². The molecule has 3 aromatic carbocycles. The Morgan fingerprint density at radius 2 is 1.57 bits per heavy atom. The molecule has 3 aromatic rings. The number of hydrogen-bond acceptors (Lipinski definition) is 2. The van der Waals surface area contributed by atoms with Crippen molar-refractivity contribution in [2.75, 3.05) is 0 Å². The van der Waals surface area contributed by atoms with Crippen molar-refractivity contribution in [2.24, 2.45) is 0 Å². The van der Waals surface area contributed by atoms with Crippen molar-refractivity contribution in [3.63, 3.8) is 0 Å². The van der Waals surface area contributed by atoms with Gasteiger partial charge in [-0.2, -0.15) is 8.78 Å². The lowest BCUT2D eigenvalue weighted by Crippen LogP contribution is -2.29. The van der Waals surface area contributed by atoms with Crippen molar-refractivity contribution in [2.45, 2.75) is 12.7 Å². The molecule has 0 bridgehead atoms. The van der Waals surface area contributed by atoms with E-state index in [0.717, 1.165) is 5.56 Å². The van der Waals surface area contributed by atoms with Gasteiger partial charge in [-0.25, -0.2) is 4.39 Å². The Balaban J connectivity index is 1.90. The third kappa shape index (κ3) is 4.92. The van der Waals surface area contributed by atoms with E-state index in [1.54, 1.807) is 12.1 Å². The number of rotatable bonds is 6. The summed E-state index contributed by atoms with van der Waals surface area (Å²) in [6.07, 6.45) is 0. The van der Waals surface area contributed by atoms with Crippen LogP contribution in [0.1, 0.15) is 27.5 Å². The Bertz CT molecular complexity index is 950. The molecule has 1 unspecified atom stereocenters. The summed E-state index contributed by atoms with van der Waals surface area (Å²) >= 11 is 3.19. The molecule has 1 atom stereocenters. The molecule has 0 radical (unpaired) electrons. The van der Waals surface area contributed by atoms with Gasteiger partial charge in [-0.3, -0.25) is 4.79 Å². The fraction of sp³-hybridized carbons (Fsp3) is 0.0952. The van der Waals surface area contributed by atoms with Crippen LogP contribution >= 0.6 is 15.9 Å². The highest BCUT2D eigenvalue weighted by atomic mass is 79.9. The predicted molar refractivity (Wildman–Crippen MR) is 103 cm³/mol. The number of nitrogens with one attached hydrogen (secondary N) is 1. The minimum Gasteiger partial charge on any atom is -0.435 e. The Labute approximate surface area is 168 Å². The van der Waals surface area contributed by atoms with Crippen molar-refractivity contribution in [3.05, 3.63) is 99.8 Å². The normalized spacial score (nSPS) is 11.9. The van der Waals surface area contributed by atoms with Crippen LogP contribution in [-0.4, -0.2) is 12.5 Å². The topological polar surface area (TPSA) is 38.3 Å². The molecule has 0 spiro atoms. The summed E-state index contributed by atoms with van der Waals surface area (Å²) in [5.41, 5.74) is 1.76. The molecule has 0 aliphatic heterocycles. The highest BCUT2D eigenvalue weighted by molar-refractivity contribution is 9.10. The first kappa shape index (κ1) is 19.9. The van der Waals surface area contributed by atoms with Gasteiger partial charge in [0.2, 0.25) is 0 Å². The summed E-state index contributed by atoms with van der Waals surface area (Å²) in [5, 5.41) is 2.91. The first-order valence-electron chi connectivity index (χ1n) is 8.29. The summed E-state index contributed by atoms with van der Waals surface area (Å²) in [5.74, 6) is -0.843. The number of ether oxygens (including phenoxy) is 1. The van der Waals surface area contributed by atoms with Crippen LogP contribution in [-0.2, 0) is 0 Å². The Morgan fingerprint density at radius 1 is 0.929 bits per heavy atom. The Hall–Kier alpha value is -2.80. The molecule has 0 saturated carbocycles. The highest BCUT2D eigenvalue weighted by Crippen LogP contribution is 2.26. The maximum absolute atomic E-state index is 13.3. The van der Waals surface area contributed by atoms with E-state index in [4.69, 9.17) is 0 Å². The predicted octanol–water partition coefficient (Wildman–Crippen LogP) is 5.71. The van der Waals surface area contributed by atoms with Gasteiger partial charge in [-0.05, 0) is 57.4 Å². The van der Waals surface area contributed by atoms with E-state index >= 15 is 0 Å². The summed E-state index contributed by atoms with van der Waals surface area (Å²) in [6.45, 7) is -2.91.